The number of aromatic nitrogens is 2. The Labute approximate surface area is 140 Å². The van der Waals surface area contributed by atoms with Crippen molar-refractivity contribution in [1.29, 1.82) is 0 Å². The summed E-state index contributed by atoms with van der Waals surface area (Å²) in [5.74, 6) is 0.391. The summed E-state index contributed by atoms with van der Waals surface area (Å²) in [4.78, 5) is 34.6. The van der Waals surface area contributed by atoms with Crippen molar-refractivity contribution < 1.29 is 9.59 Å². The van der Waals surface area contributed by atoms with Crippen LogP contribution < -0.4 is 5.32 Å². The molecule has 6 heteroatoms. The molecule has 2 amide bonds. The van der Waals surface area contributed by atoms with Crippen LogP contribution in [0.3, 0.4) is 0 Å². The zero-order valence-electron chi connectivity index (χ0n) is 13.8. The van der Waals surface area contributed by atoms with Gasteiger partial charge in [-0.05, 0) is 6.42 Å². The molecule has 0 saturated heterocycles. The summed E-state index contributed by atoms with van der Waals surface area (Å²) in [6, 6.07) is 9.28. The minimum Gasteiger partial charge on any atom is -0.345 e. The number of hydrogen-bond donors (Lipinski definition) is 1. The third kappa shape index (κ3) is 3.27. The van der Waals surface area contributed by atoms with Gasteiger partial charge in [0.25, 0.3) is 0 Å². The Morgan fingerprint density at radius 3 is 2.67 bits per heavy atom. The number of benzene rings is 1. The fraction of sp³-hybridized carbons (Fsp3) is 0.333. The third-order valence-corrected chi connectivity index (χ3v) is 4.08. The smallest absolute Gasteiger partial charge is 0.245 e. The molecule has 124 valence electrons. The zero-order chi connectivity index (χ0) is 17.1. The van der Waals surface area contributed by atoms with Crippen LogP contribution >= 0.6 is 0 Å². The maximum atomic E-state index is 12.6. The molecule has 24 heavy (non-hydrogen) atoms. The Hall–Kier alpha value is -2.76. The first-order valence-corrected chi connectivity index (χ1v) is 8.04. The van der Waals surface area contributed by atoms with E-state index in [9.17, 15) is 9.59 Å². The molecule has 2 heterocycles. The van der Waals surface area contributed by atoms with Crippen molar-refractivity contribution in [3.05, 3.63) is 47.8 Å². The van der Waals surface area contributed by atoms with Crippen LogP contribution in [0.25, 0.3) is 11.4 Å². The van der Waals surface area contributed by atoms with Gasteiger partial charge < -0.3 is 10.2 Å². The molecule has 6 nitrogen and oxygen atoms in total. The van der Waals surface area contributed by atoms with E-state index in [4.69, 9.17) is 0 Å². The SMILES string of the molecule is CC[C@@H](NC(C)=O)C(=O)N1Cc2cnc(-c3ccccc3)nc2C1. The number of rotatable bonds is 4. The number of amides is 2. The Morgan fingerprint density at radius 2 is 2.00 bits per heavy atom. The summed E-state index contributed by atoms with van der Waals surface area (Å²) < 4.78 is 0. The van der Waals surface area contributed by atoms with Gasteiger partial charge in [0, 0.05) is 30.8 Å². The molecule has 0 spiro atoms. The zero-order valence-corrected chi connectivity index (χ0v) is 13.8. The lowest BCUT2D eigenvalue weighted by Crippen LogP contribution is -2.45. The summed E-state index contributed by atoms with van der Waals surface area (Å²) >= 11 is 0. The van der Waals surface area contributed by atoms with Gasteiger partial charge in [0.1, 0.15) is 6.04 Å². The van der Waals surface area contributed by atoms with Crippen LogP contribution in [0, 0.1) is 0 Å². The van der Waals surface area contributed by atoms with Gasteiger partial charge >= 0.3 is 0 Å². The van der Waals surface area contributed by atoms with E-state index in [0.717, 1.165) is 16.8 Å². The Bertz CT molecular complexity index is 761. The van der Waals surface area contributed by atoms with E-state index >= 15 is 0 Å². The number of hydrogen-bond acceptors (Lipinski definition) is 4. The molecule has 1 aromatic heterocycles. The second kappa shape index (κ2) is 6.78. The average Bonchev–Trinajstić information content (AvgIpc) is 3.02. The molecule has 1 aromatic carbocycles. The topological polar surface area (TPSA) is 75.2 Å². The molecule has 1 aliphatic heterocycles. The van der Waals surface area contributed by atoms with Gasteiger partial charge in [-0.15, -0.1) is 0 Å². The highest BCUT2D eigenvalue weighted by molar-refractivity contribution is 5.87. The fourth-order valence-electron chi connectivity index (χ4n) is 2.84. The van der Waals surface area contributed by atoms with Crippen LogP contribution in [-0.4, -0.2) is 32.7 Å². The van der Waals surface area contributed by atoms with E-state index in [0.29, 0.717) is 25.3 Å². The highest BCUT2D eigenvalue weighted by atomic mass is 16.2. The predicted octanol–water partition coefficient (Wildman–Crippen LogP) is 1.90. The maximum absolute atomic E-state index is 12.6. The molecular formula is C18H20N4O2. The van der Waals surface area contributed by atoms with Crippen LogP contribution in [0.4, 0.5) is 0 Å². The molecule has 0 saturated carbocycles. The lowest BCUT2D eigenvalue weighted by molar-refractivity contribution is -0.136. The van der Waals surface area contributed by atoms with E-state index in [1.807, 2.05) is 37.3 Å². The monoisotopic (exact) mass is 324 g/mol. The largest absolute Gasteiger partial charge is 0.345 e. The Balaban J connectivity index is 1.77. The number of carbonyl (C=O) groups excluding carboxylic acids is 2. The standard InChI is InChI=1S/C18H20N4O2/c1-3-15(20-12(2)23)18(24)22-10-14-9-19-17(21-16(14)11-22)13-7-5-4-6-8-13/h4-9,15H,3,10-11H2,1-2H3,(H,20,23)/t15-/m1/s1. The van der Waals surface area contributed by atoms with Gasteiger partial charge in [0.05, 0.1) is 12.2 Å². The minimum atomic E-state index is -0.488. The number of carbonyl (C=O) groups is 2. The lowest BCUT2D eigenvalue weighted by Gasteiger charge is -2.22. The van der Waals surface area contributed by atoms with Crippen molar-refractivity contribution in [2.75, 3.05) is 0 Å². The van der Waals surface area contributed by atoms with Crippen LogP contribution in [0.5, 0.6) is 0 Å². The Kier molecular flexibility index (Phi) is 4.55. The Morgan fingerprint density at radius 1 is 1.25 bits per heavy atom. The van der Waals surface area contributed by atoms with Crippen molar-refractivity contribution in [3.8, 4) is 11.4 Å². The summed E-state index contributed by atoms with van der Waals surface area (Å²) in [6.45, 7) is 4.24. The second-order valence-electron chi connectivity index (χ2n) is 5.89. The van der Waals surface area contributed by atoms with Gasteiger partial charge in [-0.2, -0.15) is 0 Å². The maximum Gasteiger partial charge on any atom is 0.245 e. The summed E-state index contributed by atoms with van der Waals surface area (Å²) in [6.07, 6.45) is 2.35. The summed E-state index contributed by atoms with van der Waals surface area (Å²) in [5, 5.41) is 2.70. The van der Waals surface area contributed by atoms with Crippen molar-refractivity contribution in [3.63, 3.8) is 0 Å². The second-order valence-corrected chi connectivity index (χ2v) is 5.89. The summed E-state index contributed by atoms with van der Waals surface area (Å²) in [5.41, 5.74) is 2.78. The number of nitrogens with one attached hydrogen (secondary N) is 1. The highest BCUT2D eigenvalue weighted by Crippen LogP contribution is 2.24. The minimum absolute atomic E-state index is 0.0769. The summed E-state index contributed by atoms with van der Waals surface area (Å²) in [7, 11) is 0. The molecular weight excluding hydrogens is 304 g/mol. The molecule has 3 rings (SSSR count). The van der Waals surface area contributed by atoms with Crippen molar-refractivity contribution in [2.45, 2.75) is 39.4 Å². The van der Waals surface area contributed by atoms with E-state index in [-0.39, 0.29) is 11.8 Å². The highest BCUT2D eigenvalue weighted by Gasteiger charge is 2.30. The number of fused-ring (bicyclic) bond motifs is 1. The lowest BCUT2D eigenvalue weighted by atomic mass is 10.2. The first-order chi connectivity index (χ1) is 11.6. The van der Waals surface area contributed by atoms with E-state index in [2.05, 4.69) is 15.3 Å². The van der Waals surface area contributed by atoms with E-state index < -0.39 is 6.04 Å². The molecule has 0 radical (unpaired) electrons. The van der Waals surface area contributed by atoms with Crippen LogP contribution in [0.15, 0.2) is 36.5 Å². The van der Waals surface area contributed by atoms with E-state index in [1.54, 1.807) is 11.1 Å². The quantitative estimate of drug-likeness (QED) is 0.932. The molecule has 0 unspecified atom stereocenters. The molecule has 1 atom stereocenters. The van der Waals surface area contributed by atoms with Crippen LogP contribution in [0.2, 0.25) is 0 Å². The van der Waals surface area contributed by atoms with Gasteiger partial charge in [-0.1, -0.05) is 37.3 Å². The fourth-order valence-corrected chi connectivity index (χ4v) is 2.84. The first-order valence-electron chi connectivity index (χ1n) is 8.04. The van der Waals surface area contributed by atoms with Crippen LogP contribution in [-0.2, 0) is 22.7 Å². The molecule has 0 bridgehead atoms. The molecule has 0 fully saturated rings. The molecule has 2 aromatic rings. The van der Waals surface area contributed by atoms with Gasteiger partial charge in [-0.3, -0.25) is 9.59 Å². The predicted molar refractivity (Wildman–Crippen MR) is 89.6 cm³/mol. The van der Waals surface area contributed by atoms with Gasteiger partial charge in [-0.25, -0.2) is 9.97 Å². The van der Waals surface area contributed by atoms with E-state index in [1.165, 1.54) is 6.92 Å². The van der Waals surface area contributed by atoms with Crippen molar-refractivity contribution in [2.24, 2.45) is 0 Å². The van der Waals surface area contributed by atoms with Crippen molar-refractivity contribution >= 4 is 11.8 Å². The first kappa shape index (κ1) is 16.1. The van der Waals surface area contributed by atoms with Crippen molar-refractivity contribution in [1.82, 2.24) is 20.2 Å². The third-order valence-electron chi connectivity index (χ3n) is 4.08. The molecule has 1 N–H and O–H groups in total. The average molecular weight is 324 g/mol. The van der Waals surface area contributed by atoms with Crippen LogP contribution in [0.1, 0.15) is 31.5 Å². The van der Waals surface area contributed by atoms with Gasteiger partial charge in [0.15, 0.2) is 5.82 Å². The molecule has 0 aliphatic carbocycles. The van der Waals surface area contributed by atoms with Gasteiger partial charge in [0.2, 0.25) is 11.8 Å². The number of nitrogens with zero attached hydrogens (tertiary/aromatic N) is 3. The normalized spacial score (nSPS) is 14.2. The molecule has 1 aliphatic rings.